The van der Waals surface area contributed by atoms with E-state index in [-0.39, 0.29) is 5.91 Å². The molecular formula is C23H24N4O. The minimum atomic E-state index is 0.0863. The summed E-state index contributed by atoms with van der Waals surface area (Å²) in [4.78, 5) is 17.3. The lowest BCUT2D eigenvalue weighted by Crippen LogP contribution is -2.31. The molecule has 2 aromatic carbocycles. The Kier molecular flexibility index (Phi) is 4.15. The summed E-state index contributed by atoms with van der Waals surface area (Å²) in [6, 6.07) is 18.4. The van der Waals surface area contributed by atoms with E-state index in [1.54, 1.807) is 0 Å². The van der Waals surface area contributed by atoms with Gasteiger partial charge < -0.3 is 9.80 Å². The number of anilines is 2. The van der Waals surface area contributed by atoms with Gasteiger partial charge in [0.2, 0.25) is 0 Å². The van der Waals surface area contributed by atoms with Gasteiger partial charge in [-0.05, 0) is 49.1 Å². The summed E-state index contributed by atoms with van der Waals surface area (Å²) in [6.07, 6.45) is 2.04. The van der Waals surface area contributed by atoms with Crippen molar-refractivity contribution in [3.8, 4) is 0 Å². The molecule has 0 spiro atoms. The second kappa shape index (κ2) is 6.82. The summed E-state index contributed by atoms with van der Waals surface area (Å²) in [6.45, 7) is 5.67. The molecule has 2 aliphatic rings. The molecule has 5 rings (SSSR count). The van der Waals surface area contributed by atoms with Crippen LogP contribution < -0.4 is 9.80 Å². The van der Waals surface area contributed by atoms with Crippen molar-refractivity contribution in [3.05, 3.63) is 77.0 Å². The third kappa shape index (κ3) is 2.97. The third-order valence-electron chi connectivity index (χ3n) is 5.71. The van der Waals surface area contributed by atoms with Gasteiger partial charge in [0.15, 0.2) is 0 Å². The van der Waals surface area contributed by atoms with E-state index in [1.807, 2.05) is 42.2 Å². The van der Waals surface area contributed by atoms with Crippen molar-refractivity contribution in [3.63, 3.8) is 0 Å². The number of carbonyl (C=O) groups is 1. The van der Waals surface area contributed by atoms with Crippen molar-refractivity contribution in [2.75, 3.05) is 22.9 Å². The SMILES string of the molecule is Cc1cc2n(n1)CCCN2Cc1ccc(C(=O)N2CCc3ccccc32)cc1. The zero-order valence-corrected chi connectivity index (χ0v) is 16.1. The molecule has 5 nitrogen and oxygen atoms in total. The van der Waals surface area contributed by atoms with Crippen LogP contribution in [0.25, 0.3) is 0 Å². The van der Waals surface area contributed by atoms with E-state index < -0.39 is 0 Å². The lowest BCUT2D eigenvalue weighted by atomic mass is 10.1. The Balaban J connectivity index is 1.32. The number of para-hydroxylation sites is 1. The normalized spacial score (nSPS) is 15.5. The highest BCUT2D eigenvalue weighted by molar-refractivity contribution is 6.07. The number of rotatable bonds is 3. The standard InChI is InChI=1S/C23H24N4O/c1-17-15-22-25(12-4-13-27(22)24-17)16-18-7-9-20(10-8-18)23(28)26-14-11-19-5-2-3-6-21(19)26/h2-3,5-10,15H,4,11-14,16H2,1H3. The number of aromatic nitrogens is 2. The average molecular weight is 372 g/mol. The van der Waals surface area contributed by atoms with Gasteiger partial charge in [0.05, 0.1) is 5.69 Å². The first-order valence-electron chi connectivity index (χ1n) is 9.97. The number of nitrogens with zero attached hydrogens (tertiary/aromatic N) is 4. The van der Waals surface area contributed by atoms with Crippen LogP contribution in [0.15, 0.2) is 54.6 Å². The van der Waals surface area contributed by atoms with E-state index in [9.17, 15) is 4.79 Å². The summed E-state index contributed by atoms with van der Waals surface area (Å²) < 4.78 is 2.10. The first-order chi connectivity index (χ1) is 13.7. The Bertz CT molecular complexity index is 1020. The van der Waals surface area contributed by atoms with Crippen LogP contribution in [0.1, 0.15) is 33.6 Å². The van der Waals surface area contributed by atoms with Gasteiger partial charge >= 0.3 is 0 Å². The molecule has 0 atom stereocenters. The number of amides is 1. The molecule has 3 heterocycles. The van der Waals surface area contributed by atoms with E-state index in [0.29, 0.717) is 0 Å². The maximum absolute atomic E-state index is 13.0. The highest BCUT2D eigenvalue weighted by Crippen LogP contribution is 2.29. The quantitative estimate of drug-likeness (QED) is 0.702. The van der Waals surface area contributed by atoms with Crippen LogP contribution in [-0.2, 0) is 19.5 Å². The molecule has 3 aromatic rings. The maximum Gasteiger partial charge on any atom is 0.258 e. The molecule has 0 saturated carbocycles. The predicted octanol–water partition coefficient (Wildman–Crippen LogP) is 3.80. The monoisotopic (exact) mass is 372 g/mol. The number of carbonyl (C=O) groups excluding carboxylic acids is 1. The summed E-state index contributed by atoms with van der Waals surface area (Å²) in [5.41, 5.74) is 5.33. The third-order valence-corrected chi connectivity index (χ3v) is 5.71. The van der Waals surface area contributed by atoms with Crippen LogP contribution in [0.4, 0.5) is 11.5 Å². The highest BCUT2D eigenvalue weighted by atomic mass is 16.2. The van der Waals surface area contributed by atoms with Crippen LogP contribution in [0.2, 0.25) is 0 Å². The molecule has 142 valence electrons. The van der Waals surface area contributed by atoms with E-state index in [1.165, 1.54) is 16.9 Å². The van der Waals surface area contributed by atoms with Crippen LogP contribution in [0, 0.1) is 6.92 Å². The van der Waals surface area contributed by atoms with Gasteiger partial charge in [0.25, 0.3) is 5.91 Å². The minimum absolute atomic E-state index is 0.0863. The molecule has 1 aromatic heterocycles. The number of benzene rings is 2. The van der Waals surface area contributed by atoms with Gasteiger partial charge in [-0.2, -0.15) is 5.10 Å². The highest BCUT2D eigenvalue weighted by Gasteiger charge is 2.25. The molecular weight excluding hydrogens is 348 g/mol. The van der Waals surface area contributed by atoms with Gasteiger partial charge in [0, 0.05) is 43.5 Å². The number of fused-ring (bicyclic) bond motifs is 2. The Hall–Kier alpha value is -3.08. The summed E-state index contributed by atoms with van der Waals surface area (Å²) >= 11 is 0. The molecule has 0 saturated heterocycles. The average Bonchev–Trinajstić information content (AvgIpc) is 3.31. The van der Waals surface area contributed by atoms with Crippen molar-refractivity contribution < 1.29 is 4.79 Å². The summed E-state index contributed by atoms with van der Waals surface area (Å²) in [5.74, 6) is 1.28. The Morgan fingerprint density at radius 2 is 1.86 bits per heavy atom. The van der Waals surface area contributed by atoms with Crippen LogP contribution in [0.5, 0.6) is 0 Å². The van der Waals surface area contributed by atoms with E-state index in [0.717, 1.165) is 56.0 Å². The molecule has 28 heavy (non-hydrogen) atoms. The topological polar surface area (TPSA) is 41.4 Å². The van der Waals surface area contributed by atoms with Crippen molar-refractivity contribution in [1.82, 2.24) is 9.78 Å². The fourth-order valence-electron chi connectivity index (χ4n) is 4.32. The predicted molar refractivity (Wildman–Crippen MR) is 111 cm³/mol. The zero-order valence-electron chi connectivity index (χ0n) is 16.1. The van der Waals surface area contributed by atoms with Crippen molar-refractivity contribution in [1.29, 1.82) is 0 Å². The molecule has 0 bridgehead atoms. The molecule has 0 aliphatic carbocycles. The first-order valence-corrected chi connectivity index (χ1v) is 9.97. The van der Waals surface area contributed by atoms with Gasteiger partial charge in [-0.25, -0.2) is 4.68 Å². The lowest BCUT2D eigenvalue weighted by Gasteiger charge is -2.29. The first kappa shape index (κ1) is 17.0. The molecule has 5 heteroatoms. The lowest BCUT2D eigenvalue weighted by molar-refractivity contribution is 0.0989. The smallest absolute Gasteiger partial charge is 0.258 e. The van der Waals surface area contributed by atoms with Gasteiger partial charge in [0.1, 0.15) is 5.82 Å². The molecule has 2 aliphatic heterocycles. The zero-order chi connectivity index (χ0) is 19.1. The van der Waals surface area contributed by atoms with Gasteiger partial charge in [-0.1, -0.05) is 30.3 Å². The molecule has 0 fully saturated rings. The second-order valence-electron chi connectivity index (χ2n) is 7.67. The fourth-order valence-corrected chi connectivity index (χ4v) is 4.32. The van der Waals surface area contributed by atoms with Crippen LogP contribution >= 0.6 is 0 Å². The van der Waals surface area contributed by atoms with Crippen molar-refractivity contribution in [2.45, 2.75) is 32.9 Å². The molecule has 0 radical (unpaired) electrons. The number of hydrogen-bond donors (Lipinski definition) is 0. The van der Waals surface area contributed by atoms with Gasteiger partial charge in [-0.3, -0.25) is 4.79 Å². The Labute approximate surface area is 165 Å². The van der Waals surface area contributed by atoms with Crippen LogP contribution in [-0.4, -0.2) is 28.8 Å². The number of hydrogen-bond acceptors (Lipinski definition) is 3. The van der Waals surface area contributed by atoms with E-state index >= 15 is 0 Å². The number of aryl methyl sites for hydroxylation is 2. The van der Waals surface area contributed by atoms with Crippen molar-refractivity contribution >= 4 is 17.4 Å². The molecule has 0 N–H and O–H groups in total. The Morgan fingerprint density at radius 1 is 1.04 bits per heavy atom. The fraction of sp³-hybridized carbons (Fsp3) is 0.304. The maximum atomic E-state index is 13.0. The van der Waals surface area contributed by atoms with Crippen LogP contribution in [0.3, 0.4) is 0 Å². The van der Waals surface area contributed by atoms with Crippen molar-refractivity contribution in [2.24, 2.45) is 0 Å². The largest absolute Gasteiger partial charge is 0.352 e. The molecule has 0 unspecified atom stereocenters. The second-order valence-corrected chi connectivity index (χ2v) is 7.67. The summed E-state index contributed by atoms with van der Waals surface area (Å²) in [7, 11) is 0. The van der Waals surface area contributed by atoms with E-state index in [2.05, 4.69) is 38.9 Å². The summed E-state index contributed by atoms with van der Waals surface area (Å²) in [5, 5.41) is 4.57. The van der Waals surface area contributed by atoms with E-state index in [4.69, 9.17) is 0 Å². The molecule has 1 amide bonds. The Morgan fingerprint density at radius 3 is 2.71 bits per heavy atom. The van der Waals surface area contributed by atoms with Gasteiger partial charge in [-0.15, -0.1) is 0 Å². The minimum Gasteiger partial charge on any atom is -0.352 e.